The zero-order valence-electron chi connectivity index (χ0n) is 7.69. The number of hydrogen-bond acceptors (Lipinski definition) is 3. The summed E-state index contributed by atoms with van der Waals surface area (Å²) < 4.78 is 1.62. The lowest BCUT2D eigenvalue weighted by molar-refractivity contribution is -0.117. The molecule has 5 nitrogen and oxygen atoms in total. The van der Waals surface area contributed by atoms with Gasteiger partial charge in [0.1, 0.15) is 0 Å². The molecule has 1 N–H and O–H groups in total. The van der Waals surface area contributed by atoms with Gasteiger partial charge in [-0.2, -0.15) is 0 Å². The number of nitrogens with one attached hydrogen (secondary N) is 1. The molecule has 0 radical (unpaired) electrons. The van der Waals surface area contributed by atoms with E-state index in [1.165, 1.54) is 6.08 Å². The van der Waals surface area contributed by atoms with E-state index in [4.69, 9.17) is 0 Å². The molecule has 1 aromatic heterocycles. The van der Waals surface area contributed by atoms with Gasteiger partial charge in [-0.1, -0.05) is 11.8 Å². The molecular formula is C8H12N4O. The smallest absolute Gasteiger partial charge is 0.243 e. The Morgan fingerprint density at radius 1 is 1.85 bits per heavy atom. The van der Waals surface area contributed by atoms with Crippen LogP contribution in [0.3, 0.4) is 0 Å². The van der Waals surface area contributed by atoms with E-state index in [9.17, 15) is 4.79 Å². The van der Waals surface area contributed by atoms with Gasteiger partial charge in [0.2, 0.25) is 5.91 Å². The van der Waals surface area contributed by atoms with Crippen molar-refractivity contribution in [2.45, 2.75) is 13.0 Å². The van der Waals surface area contributed by atoms with Gasteiger partial charge >= 0.3 is 0 Å². The molecule has 0 aliphatic heterocycles. The molecule has 1 rings (SSSR count). The van der Waals surface area contributed by atoms with Gasteiger partial charge in [0.25, 0.3) is 0 Å². The predicted octanol–water partition coefficient (Wildman–Crippen LogP) is 0.178. The summed E-state index contributed by atoms with van der Waals surface area (Å²) in [6, 6.07) is -0.106. The Hall–Kier alpha value is -1.65. The number of amides is 1. The average molecular weight is 180 g/mol. The molecule has 1 heterocycles. The maximum Gasteiger partial charge on any atom is 0.243 e. The lowest BCUT2D eigenvalue weighted by atomic mass is 10.2. The minimum absolute atomic E-state index is 0.106. The van der Waals surface area contributed by atoms with Gasteiger partial charge < -0.3 is 5.32 Å². The van der Waals surface area contributed by atoms with E-state index >= 15 is 0 Å². The maximum absolute atomic E-state index is 10.9. The third-order valence-electron chi connectivity index (χ3n) is 1.74. The molecule has 0 saturated heterocycles. The molecule has 1 atom stereocenters. The highest BCUT2D eigenvalue weighted by Gasteiger charge is 2.10. The number of nitrogens with zero attached hydrogens (tertiary/aromatic N) is 3. The summed E-state index contributed by atoms with van der Waals surface area (Å²) in [7, 11) is 1.78. The molecule has 1 aromatic rings. The van der Waals surface area contributed by atoms with Crippen LogP contribution in [-0.4, -0.2) is 20.9 Å². The van der Waals surface area contributed by atoms with Crippen molar-refractivity contribution in [3.8, 4) is 0 Å². The number of aryl methyl sites for hydroxylation is 1. The minimum Gasteiger partial charge on any atom is -0.344 e. The number of aromatic nitrogens is 3. The lowest BCUT2D eigenvalue weighted by Gasteiger charge is -2.11. The monoisotopic (exact) mass is 180 g/mol. The SMILES string of the molecule is C=CC(=O)N[C@@H](C)c1cnnn1C. The molecular weight excluding hydrogens is 168 g/mol. The minimum atomic E-state index is -0.200. The Morgan fingerprint density at radius 3 is 3.00 bits per heavy atom. The number of carbonyl (C=O) groups excluding carboxylic acids is 1. The molecule has 0 aliphatic rings. The van der Waals surface area contributed by atoms with Crippen LogP contribution in [0.1, 0.15) is 18.7 Å². The van der Waals surface area contributed by atoms with Crippen LogP contribution in [0.5, 0.6) is 0 Å². The predicted molar refractivity (Wildman–Crippen MR) is 47.8 cm³/mol. The average Bonchev–Trinajstić information content (AvgIpc) is 2.51. The molecule has 0 aromatic carbocycles. The third kappa shape index (κ3) is 2.14. The van der Waals surface area contributed by atoms with Crippen molar-refractivity contribution in [1.82, 2.24) is 20.3 Å². The molecule has 0 aliphatic carbocycles. The van der Waals surface area contributed by atoms with Gasteiger partial charge in [-0.25, -0.2) is 0 Å². The largest absolute Gasteiger partial charge is 0.344 e. The summed E-state index contributed by atoms with van der Waals surface area (Å²) >= 11 is 0. The van der Waals surface area contributed by atoms with Gasteiger partial charge in [0, 0.05) is 7.05 Å². The molecule has 70 valence electrons. The Kier molecular flexibility index (Phi) is 2.79. The van der Waals surface area contributed by atoms with E-state index < -0.39 is 0 Å². The first kappa shape index (κ1) is 9.44. The lowest BCUT2D eigenvalue weighted by Crippen LogP contribution is -2.26. The molecule has 0 saturated carbocycles. The number of rotatable bonds is 3. The quantitative estimate of drug-likeness (QED) is 0.675. The third-order valence-corrected chi connectivity index (χ3v) is 1.74. The van der Waals surface area contributed by atoms with Crippen molar-refractivity contribution in [3.05, 3.63) is 24.5 Å². The molecule has 0 unspecified atom stereocenters. The van der Waals surface area contributed by atoms with Crippen LogP contribution < -0.4 is 5.32 Å². The molecule has 1 amide bonds. The van der Waals surface area contributed by atoms with Crippen molar-refractivity contribution >= 4 is 5.91 Å². The summed E-state index contributed by atoms with van der Waals surface area (Å²) in [5, 5.41) is 10.2. The van der Waals surface area contributed by atoms with Gasteiger partial charge in [-0.3, -0.25) is 9.48 Å². The first-order valence-electron chi connectivity index (χ1n) is 3.92. The summed E-state index contributed by atoms with van der Waals surface area (Å²) in [4.78, 5) is 10.9. The van der Waals surface area contributed by atoms with Crippen LogP contribution in [0.2, 0.25) is 0 Å². The highest BCUT2D eigenvalue weighted by atomic mass is 16.1. The molecule has 0 fully saturated rings. The van der Waals surface area contributed by atoms with E-state index in [2.05, 4.69) is 22.2 Å². The Bertz CT molecular complexity index is 318. The second-order valence-electron chi connectivity index (χ2n) is 2.72. The second kappa shape index (κ2) is 3.84. The first-order chi connectivity index (χ1) is 6.15. The van der Waals surface area contributed by atoms with Crippen molar-refractivity contribution in [1.29, 1.82) is 0 Å². The topological polar surface area (TPSA) is 59.8 Å². The first-order valence-corrected chi connectivity index (χ1v) is 3.92. The van der Waals surface area contributed by atoms with Gasteiger partial charge in [-0.05, 0) is 13.0 Å². The van der Waals surface area contributed by atoms with Gasteiger partial charge in [0.15, 0.2) is 0 Å². The van der Waals surface area contributed by atoms with E-state index in [1.54, 1.807) is 17.9 Å². The van der Waals surface area contributed by atoms with Crippen LogP contribution in [-0.2, 0) is 11.8 Å². The van der Waals surface area contributed by atoms with Crippen LogP contribution in [0.25, 0.3) is 0 Å². The van der Waals surface area contributed by atoms with Crippen molar-refractivity contribution in [2.75, 3.05) is 0 Å². The van der Waals surface area contributed by atoms with Gasteiger partial charge in [-0.15, -0.1) is 5.10 Å². The zero-order chi connectivity index (χ0) is 9.84. The maximum atomic E-state index is 10.9. The van der Waals surface area contributed by atoms with E-state index in [0.29, 0.717) is 0 Å². The van der Waals surface area contributed by atoms with Crippen molar-refractivity contribution in [3.63, 3.8) is 0 Å². The van der Waals surface area contributed by atoms with Crippen LogP contribution in [0.15, 0.2) is 18.9 Å². The summed E-state index contributed by atoms with van der Waals surface area (Å²) in [5.74, 6) is -0.200. The molecule has 0 spiro atoms. The molecule has 5 heteroatoms. The summed E-state index contributed by atoms with van der Waals surface area (Å²) in [5.41, 5.74) is 0.857. The second-order valence-corrected chi connectivity index (χ2v) is 2.72. The van der Waals surface area contributed by atoms with E-state index in [0.717, 1.165) is 5.69 Å². The van der Waals surface area contributed by atoms with E-state index in [-0.39, 0.29) is 11.9 Å². The van der Waals surface area contributed by atoms with Crippen LogP contribution in [0, 0.1) is 0 Å². The normalized spacial score (nSPS) is 12.2. The van der Waals surface area contributed by atoms with Crippen molar-refractivity contribution < 1.29 is 4.79 Å². The van der Waals surface area contributed by atoms with Crippen molar-refractivity contribution in [2.24, 2.45) is 7.05 Å². The number of carbonyl (C=O) groups is 1. The van der Waals surface area contributed by atoms with E-state index in [1.807, 2.05) is 6.92 Å². The van der Waals surface area contributed by atoms with Crippen LogP contribution >= 0.6 is 0 Å². The highest BCUT2D eigenvalue weighted by molar-refractivity contribution is 5.87. The zero-order valence-corrected chi connectivity index (χ0v) is 7.69. The standard InChI is InChI=1S/C8H12N4O/c1-4-8(13)10-6(2)7-5-9-11-12(7)3/h4-6H,1H2,2-3H3,(H,10,13)/t6-/m0/s1. The molecule has 13 heavy (non-hydrogen) atoms. The fourth-order valence-electron chi connectivity index (χ4n) is 1.04. The Morgan fingerprint density at radius 2 is 2.54 bits per heavy atom. The fourth-order valence-corrected chi connectivity index (χ4v) is 1.04. The summed E-state index contributed by atoms with van der Waals surface area (Å²) in [6.45, 7) is 5.23. The van der Waals surface area contributed by atoms with Gasteiger partial charge in [0.05, 0.1) is 17.9 Å². The van der Waals surface area contributed by atoms with Crippen LogP contribution in [0.4, 0.5) is 0 Å². The summed E-state index contributed by atoms with van der Waals surface area (Å²) in [6.07, 6.45) is 2.86. The number of hydrogen-bond donors (Lipinski definition) is 1. The Balaban J connectivity index is 2.68. The Labute approximate surface area is 76.4 Å². The fraction of sp³-hybridized carbons (Fsp3) is 0.375. The highest BCUT2D eigenvalue weighted by Crippen LogP contribution is 2.07. The molecule has 0 bridgehead atoms.